The van der Waals surface area contributed by atoms with Gasteiger partial charge in [0.05, 0.1) is 0 Å². The molecule has 0 aliphatic rings. The van der Waals surface area contributed by atoms with E-state index < -0.39 is 6.10 Å². The lowest BCUT2D eigenvalue weighted by molar-refractivity contribution is -0.127. The number of likely N-dealkylation sites (N-methyl/N-ethyl adjacent to an activating group) is 1. The van der Waals surface area contributed by atoms with E-state index in [1.54, 1.807) is 12.1 Å². The lowest BCUT2D eigenvalue weighted by Crippen LogP contribution is -2.43. The first-order valence-electron chi connectivity index (χ1n) is 5.43. The molecule has 0 aliphatic heterocycles. The summed E-state index contributed by atoms with van der Waals surface area (Å²) in [5, 5.41) is 0. The molecule has 0 radical (unpaired) electrons. The van der Waals surface area contributed by atoms with Gasteiger partial charge in [-0.2, -0.15) is 0 Å². The van der Waals surface area contributed by atoms with Gasteiger partial charge in [-0.3, -0.25) is 4.79 Å². The summed E-state index contributed by atoms with van der Waals surface area (Å²) in [5.41, 5.74) is 6.08. The van der Waals surface area contributed by atoms with Crippen LogP contribution >= 0.6 is 12.4 Å². The van der Waals surface area contributed by atoms with Crippen molar-refractivity contribution in [1.29, 1.82) is 0 Å². The fourth-order valence-corrected chi connectivity index (χ4v) is 1.56. The van der Waals surface area contributed by atoms with Gasteiger partial charge in [0.1, 0.15) is 11.9 Å². The van der Waals surface area contributed by atoms with E-state index in [-0.39, 0.29) is 30.7 Å². The summed E-state index contributed by atoms with van der Waals surface area (Å²) in [5.74, 6) is -0.552. The number of benzene rings is 1. The van der Waals surface area contributed by atoms with Crippen LogP contribution in [-0.2, 0) is 9.53 Å². The van der Waals surface area contributed by atoms with Gasteiger partial charge in [-0.15, -0.1) is 12.4 Å². The molecule has 18 heavy (non-hydrogen) atoms. The second kappa shape index (κ2) is 8.02. The summed E-state index contributed by atoms with van der Waals surface area (Å²) in [4.78, 5) is 13.6. The number of anilines is 1. The largest absolute Gasteiger partial charge is 0.370 e. The van der Waals surface area contributed by atoms with Gasteiger partial charge in [-0.1, -0.05) is 0 Å². The number of carbonyl (C=O) groups excluding carboxylic acids is 1. The lowest BCUT2D eigenvalue weighted by atomic mass is 10.2. The molecule has 0 spiro atoms. The number of nitrogens with zero attached hydrogens (tertiary/aromatic N) is 1. The first-order chi connectivity index (χ1) is 8.13. The molecule has 6 heteroatoms. The molecule has 0 saturated carbocycles. The van der Waals surface area contributed by atoms with Crippen molar-refractivity contribution in [3.8, 4) is 0 Å². The Labute approximate surface area is 112 Å². The molecule has 1 atom stereocenters. The molecule has 1 aromatic rings. The number of rotatable bonds is 5. The molecule has 1 unspecified atom stereocenters. The van der Waals surface area contributed by atoms with Crippen LogP contribution in [-0.4, -0.2) is 32.2 Å². The maximum atomic E-state index is 12.8. The van der Waals surface area contributed by atoms with Crippen molar-refractivity contribution in [1.82, 2.24) is 0 Å². The van der Waals surface area contributed by atoms with Crippen LogP contribution in [0.2, 0.25) is 0 Å². The number of methoxy groups -OCH3 is 1. The van der Waals surface area contributed by atoms with Crippen LogP contribution in [0.4, 0.5) is 10.1 Å². The van der Waals surface area contributed by atoms with E-state index >= 15 is 0 Å². The number of nitrogens with two attached hydrogens (primary N) is 1. The molecule has 2 N–H and O–H groups in total. The number of hydrogen-bond acceptors (Lipinski definition) is 3. The molecule has 0 bridgehead atoms. The molecule has 1 amide bonds. The van der Waals surface area contributed by atoms with Gasteiger partial charge in [0.15, 0.2) is 0 Å². The Morgan fingerprint density at radius 1 is 1.44 bits per heavy atom. The summed E-state index contributed by atoms with van der Waals surface area (Å²) in [6.45, 7) is 2.43. The Balaban J connectivity index is 0.00000289. The minimum atomic E-state index is -0.667. The van der Waals surface area contributed by atoms with Crippen LogP contribution in [0.5, 0.6) is 0 Å². The second-order valence-corrected chi connectivity index (χ2v) is 3.52. The smallest absolute Gasteiger partial charge is 0.257 e. The summed E-state index contributed by atoms with van der Waals surface area (Å²) in [6.07, 6.45) is -0.667. The van der Waals surface area contributed by atoms with E-state index in [1.165, 1.54) is 24.1 Å². The molecule has 0 fully saturated rings. The molecule has 0 heterocycles. The maximum Gasteiger partial charge on any atom is 0.257 e. The predicted molar refractivity (Wildman–Crippen MR) is 71.5 cm³/mol. The van der Waals surface area contributed by atoms with Crippen molar-refractivity contribution in [2.45, 2.75) is 13.0 Å². The number of carbonyl (C=O) groups is 1. The van der Waals surface area contributed by atoms with Crippen molar-refractivity contribution < 1.29 is 13.9 Å². The first-order valence-corrected chi connectivity index (χ1v) is 5.43. The standard InChI is InChI=1S/C12H17FN2O2.ClH/c1-3-15(12(16)11(8-14)17-2)10-6-4-9(13)5-7-10;/h4-7,11H,3,8,14H2,1-2H3;1H. The zero-order chi connectivity index (χ0) is 12.8. The van der Waals surface area contributed by atoms with Crippen molar-refractivity contribution in [2.75, 3.05) is 25.1 Å². The van der Waals surface area contributed by atoms with Crippen molar-refractivity contribution in [3.05, 3.63) is 30.1 Å². The van der Waals surface area contributed by atoms with E-state index in [2.05, 4.69) is 0 Å². The average molecular weight is 277 g/mol. The Hall–Kier alpha value is -1.17. The topological polar surface area (TPSA) is 55.6 Å². The third-order valence-electron chi connectivity index (χ3n) is 2.49. The number of ether oxygens (including phenoxy) is 1. The molecule has 102 valence electrons. The molecule has 4 nitrogen and oxygen atoms in total. The minimum Gasteiger partial charge on any atom is -0.370 e. The molecule has 1 rings (SSSR count). The SMILES string of the molecule is CCN(C(=O)C(CN)OC)c1ccc(F)cc1.Cl. The van der Waals surface area contributed by atoms with Crippen LogP contribution in [0.3, 0.4) is 0 Å². The summed E-state index contributed by atoms with van der Waals surface area (Å²) in [7, 11) is 1.44. The summed E-state index contributed by atoms with van der Waals surface area (Å²) < 4.78 is 17.8. The number of hydrogen-bond donors (Lipinski definition) is 1. The highest BCUT2D eigenvalue weighted by atomic mass is 35.5. The highest BCUT2D eigenvalue weighted by Crippen LogP contribution is 2.16. The Morgan fingerprint density at radius 3 is 2.39 bits per heavy atom. The summed E-state index contributed by atoms with van der Waals surface area (Å²) in [6, 6.07) is 5.74. The van der Waals surface area contributed by atoms with E-state index in [0.29, 0.717) is 12.2 Å². The normalized spacial score (nSPS) is 11.6. The van der Waals surface area contributed by atoms with Crippen molar-refractivity contribution >= 4 is 24.0 Å². The average Bonchev–Trinajstić information content (AvgIpc) is 2.34. The van der Waals surface area contributed by atoms with Gasteiger partial charge in [0.25, 0.3) is 5.91 Å². The first kappa shape index (κ1) is 16.8. The van der Waals surface area contributed by atoms with Crippen LogP contribution in [0, 0.1) is 5.82 Å². The van der Waals surface area contributed by atoms with Crippen molar-refractivity contribution in [2.24, 2.45) is 5.73 Å². The van der Waals surface area contributed by atoms with E-state index in [4.69, 9.17) is 10.5 Å². The number of halogens is 2. The Bertz CT molecular complexity index is 369. The second-order valence-electron chi connectivity index (χ2n) is 3.52. The zero-order valence-corrected chi connectivity index (χ0v) is 11.2. The quantitative estimate of drug-likeness (QED) is 0.888. The van der Waals surface area contributed by atoms with Gasteiger partial charge in [-0.25, -0.2) is 4.39 Å². The maximum absolute atomic E-state index is 12.8. The Kier molecular flexibility index (Phi) is 7.50. The lowest BCUT2D eigenvalue weighted by Gasteiger charge is -2.24. The van der Waals surface area contributed by atoms with E-state index in [0.717, 1.165) is 0 Å². The van der Waals surface area contributed by atoms with Gasteiger partial charge in [0.2, 0.25) is 0 Å². The molecular formula is C12H18ClFN2O2. The fourth-order valence-electron chi connectivity index (χ4n) is 1.56. The van der Waals surface area contributed by atoms with Crippen LogP contribution < -0.4 is 10.6 Å². The third-order valence-corrected chi connectivity index (χ3v) is 2.49. The highest BCUT2D eigenvalue weighted by Gasteiger charge is 2.22. The van der Waals surface area contributed by atoms with Crippen LogP contribution in [0.15, 0.2) is 24.3 Å². The van der Waals surface area contributed by atoms with Gasteiger partial charge in [-0.05, 0) is 31.2 Å². The van der Waals surface area contributed by atoms with E-state index in [1.807, 2.05) is 6.92 Å². The van der Waals surface area contributed by atoms with Gasteiger partial charge in [0, 0.05) is 25.9 Å². The molecule has 0 aliphatic carbocycles. The monoisotopic (exact) mass is 276 g/mol. The van der Waals surface area contributed by atoms with Crippen LogP contribution in [0.1, 0.15) is 6.92 Å². The Morgan fingerprint density at radius 2 is 2.00 bits per heavy atom. The molecule has 0 saturated heterocycles. The predicted octanol–water partition coefficient (Wildman–Crippen LogP) is 1.57. The fraction of sp³-hybridized carbons (Fsp3) is 0.417. The highest BCUT2D eigenvalue weighted by molar-refractivity contribution is 5.96. The van der Waals surface area contributed by atoms with E-state index in [9.17, 15) is 9.18 Å². The third kappa shape index (κ3) is 3.94. The number of amides is 1. The molecule has 1 aromatic carbocycles. The summed E-state index contributed by atoms with van der Waals surface area (Å²) >= 11 is 0. The van der Waals surface area contributed by atoms with Crippen LogP contribution in [0.25, 0.3) is 0 Å². The van der Waals surface area contributed by atoms with Crippen molar-refractivity contribution in [3.63, 3.8) is 0 Å². The van der Waals surface area contributed by atoms with Gasteiger partial charge < -0.3 is 15.4 Å². The van der Waals surface area contributed by atoms with Gasteiger partial charge >= 0.3 is 0 Å². The zero-order valence-electron chi connectivity index (χ0n) is 10.4. The minimum absolute atomic E-state index is 0. The molecule has 0 aromatic heterocycles. The molecular weight excluding hydrogens is 259 g/mol.